The Balaban J connectivity index is 6.44. The highest BCUT2D eigenvalue weighted by Gasteiger charge is 2.42. The highest BCUT2D eigenvalue weighted by molar-refractivity contribution is 7.80. The second-order valence-corrected chi connectivity index (χ2v) is 13.2. The number of carboxylic acid groups (broad SMARTS) is 3. The van der Waals surface area contributed by atoms with Gasteiger partial charge in [-0.1, -0.05) is 6.92 Å². The first-order valence-electron chi connectivity index (χ1n) is 17.1. The predicted molar refractivity (Wildman–Crippen MR) is 190 cm³/mol. The van der Waals surface area contributed by atoms with Crippen LogP contribution in [0.4, 0.5) is 0 Å². The van der Waals surface area contributed by atoms with Gasteiger partial charge in [-0.3, -0.25) is 24.0 Å². The third-order valence-electron chi connectivity index (χ3n) is 8.41. The number of aliphatic hydroxyl groups is 12. The van der Waals surface area contributed by atoms with Crippen molar-refractivity contribution in [2.45, 2.75) is 105 Å². The van der Waals surface area contributed by atoms with Gasteiger partial charge in [-0.05, 0) is 0 Å². The van der Waals surface area contributed by atoms with Gasteiger partial charge in [0.05, 0.1) is 44.7 Å². The van der Waals surface area contributed by atoms with Crippen LogP contribution in [-0.2, 0) is 38.4 Å². The first-order valence-corrected chi connectivity index (χ1v) is 17.7. The Labute approximate surface area is 337 Å². The monoisotopic (exact) mass is 881 g/mol. The van der Waals surface area contributed by atoms with E-state index in [4.69, 9.17) is 10.2 Å². The Hall–Kier alpha value is -4.37. The smallest absolute Gasteiger partial charge is 0.327 e. The molecule has 0 aromatic rings. The second-order valence-electron chi connectivity index (χ2n) is 12.9. The predicted octanol–water partition coefficient (Wildman–Crippen LogP) is -11.8. The van der Waals surface area contributed by atoms with Crippen LogP contribution in [0.5, 0.6) is 0 Å². The molecule has 0 aromatic carbocycles. The molecule has 59 heavy (non-hydrogen) atoms. The van der Waals surface area contributed by atoms with E-state index in [0.29, 0.717) is 0 Å². The van der Waals surface area contributed by atoms with E-state index in [9.17, 15) is 105 Å². The number of amides is 5. The van der Waals surface area contributed by atoms with E-state index < -0.39 is 177 Å². The van der Waals surface area contributed by atoms with Crippen molar-refractivity contribution in [3.05, 3.63) is 0 Å². The summed E-state index contributed by atoms with van der Waals surface area (Å²) in [6.07, 6.45) is -23.4. The Morgan fingerprint density at radius 1 is 0.441 bits per heavy atom. The highest BCUT2D eigenvalue weighted by atomic mass is 32.1. The van der Waals surface area contributed by atoms with Crippen LogP contribution in [0.15, 0.2) is 0 Å². The number of rotatable bonds is 28. The van der Waals surface area contributed by atoms with Crippen LogP contribution in [0.1, 0.15) is 19.8 Å². The third kappa shape index (κ3) is 17.0. The van der Waals surface area contributed by atoms with Crippen molar-refractivity contribution in [2.24, 2.45) is 5.92 Å². The van der Waals surface area contributed by atoms with Gasteiger partial charge >= 0.3 is 17.9 Å². The summed E-state index contributed by atoms with van der Waals surface area (Å²) < 4.78 is 0. The average Bonchev–Trinajstić information content (AvgIpc) is 3.19. The van der Waals surface area contributed by atoms with Crippen molar-refractivity contribution in [3.63, 3.8) is 0 Å². The van der Waals surface area contributed by atoms with Crippen molar-refractivity contribution in [1.29, 1.82) is 0 Å². The van der Waals surface area contributed by atoms with E-state index in [0.717, 1.165) is 6.92 Å². The van der Waals surface area contributed by atoms with Crippen LogP contribution in [-0.4, -0.2) is 235 Å². The SMILES string of the molecule is C[C@H](C(=O)N[C@@H](CC(=O)N[C@H](C(=O)N[C@@H](CC(=O)N[C@H](C(=O)N[C@@H](CS)C(=O)O)[C@@H](O)[C@H](O)[C@H](O)CO)C(=O)O)[C@@H](O)[C@H](O)[C@H](O)CO)C(=O)O)[C@@H](O)[C@H](O)[C@H](O)CO. The molecule has 15 atom stereocenters. The molecule has 0 saturated carbocycles. The molecule has 20 N–H and O–H groups in total. The van der Waals surface area contributed by atoms with E-state index in [-0.39, 0.29) is 0 Å². The fourth-order valence-electron chi connectivity index (χ4n) is 4.71. The van der Waals surface area contributed by atoms with Gasteiger partial charge in [0, 0.05) is 5.75 Å². The van der Waals surface area contributed by atoms with E-state index in [1.165, 1.54) is 0 Å². The molecule has 29 heteroatoms. The summed E-state index contributed by atoms with van der Waals surface area (Å²) in [5.74, 6) is -15.7. The number of aliphatic carboxylic acids is 3. The molecule has 0 aliphatic carbocycles. The van der Waals surface area contributed by atoms with Crippen molar-refractivity contribution >= 4 is 60.1 Å². The molecule has 0 unspecified atom stereocenters. The number of thiol groups is 1. The zero-order chi connectivity index (χ0) is 46.1. The van der Waals surface area contributed by atoms with Gasteiger partial charge in [-0.2, -0.15) is 12.6 Å². The van der Waals surface area contributed by atoms with Gasteiger partial charge < -0.3 is 103 Å². The largest absolute Gasteiger partial charge is 0.480 e. The van der Waals surface area contributed by atoms with Gasteiger partial charge in [0.15, 0.2) is 0 Å². The Kier molecular flexibility index (Phi) is 24.0. The van der Waals surface area contributed by atoms with Crippen LogP contribution in [0.3, 0.4) is 0 Å². The maximum absolute atomic E-state index is 13.3. The number of carbonyl (C=O) groups is 8. The zero-order valence-electron chi connectivity index (χ0n) is 30.8. The molecule has 0 fully saturated rings. The highest BCUT2D eigenvalue weighted by Crippen LogP contribution is 2.13. The molecule has 0 rings (SSSR count). The van der Waals surface area contributed by atoms with E-state index >= 15 is 0 Å². The number of nitrogens with one attached hydrogen (secondary N) is 5. The number of aliphatic hydroxyl groups excluding tert-OH is 12. The lowest BCUT2D eigenvalue weighted by Gasteiger charge is -2.31. The maximum atomic E-state index is 13.3. The molecule has 0 aromatic heterocycles. The van der Waals surface area contributed by atoms with Gasteiger partial charge in [0.25, 0.3) is 0 Å². The maximum Gasteiger partial charge on any atom is 0.327 e. The van der Waals surface area contributed by atoms with Gasteiger partial charge in [-0.15, -0.1) is 0 Å². The Morgan fingerprint density at radius 3 is 1.02 bits per heavy atom. The molecule has 0 saturated heterocycles. The fourth-order valence-corrected chi connectivity index (χ4v) is 4.96. The van der Waals surface area contributed by atoms with Crippen molar-refractivity contribution < 1.29 is 115 Å². The lowest BCUT2D eigenvalue weighted by atomic mass is 9.95. The minimum atomic E-state index is -2.67. The van der Waals surface area contributed by atoms with Gasteiger partial charge in [-0.25, -0.2) is 14.4 Å². The van der Waals surface area contributed by atoms with Gasteiger partial charge in [0.1, 0.15) is 79.0 Å². The summed E-state index contributed by atoms with van der Waals surface area (Å²) in [4.78, 5) is 100. The normalized spacial score (nSPS) is 19.2. The third-order valence-corrected chi connectivity index (χ3v) is 8.77. The fraction of sp³-hybridized carbons (Fsp3) is 0.733. The summed E-state index contributed by atoms with van der Waals surface area (Å²) in [5.41, 5.74) is 0. The molecular formula is C30H51N5O23S. The molecule has 0 aliphatic heterocycles. The van der Waals surface area contributed by atoms with E-state index in [1.54, 1.807) is 16.0 Å². The molecule has 0 spiro atoms. The average molecular weight is 882 g/mol. The standard InChI is InChI=1S/C30H51N5O23S/c1-8(19(44)20(45)12(39)4-36)25(50)31-9(28(53)54)2-15(42)34-17(23(48)21(46)13(40)5-37)26(51)32-10(29(55)56)3-16(43)35-18(24(49)22(47)14(41)6-38)27(52)33-11(7-59)30(57)58/h8-14,17-24,36-41,44-49,59H,2-7H2,1H3,(H,31,50)(H,32,51)(H,33,52)(H,34,42)(H,35,43)(H,53,54)(H,55,56)(H,57,58)/t8-,9-,10-,11-,12+,13+,14+,17-,18-,19+,20+,21+,22+,23+,24+/m0/s1. The Bertz CT molecular complexity index is 1450. The second kappa shape index (κ2) is 26.0. The summed E-state index contributed by atoms with van der Waals surface area (Å²) in [7, 11) is 0. The van der Waals surface area contributed by atoms with Crippen molar-refractivity contribution in [2.75, 3.05) is 25.6 Å². The molecule has 5 amide bonds. The first-order chi connectivity index (χ1) is 27.3. The topological polar surface area (TPSA) is 500 Å². The van der Waals surface area contributed by atoms with Crippen LogP contribution >= 0.6 is 12.6 Å². The minimum absolute atomic E-state index is 0.557. The summed E-state index contributed by atoms with van der Waals surface area (Å²) in [5, 5.41) is 155. The van der Waals surface area contributed by atoms with Crippen molar-refractivity contribution in [3.8, 4) is 0 Å². The zero-order valence-corrected chi connectivity index (χ0v) is 31.7. The molecule has 0 bridgehead atoms. The number of carbonyl (C=O) groups excluding carboxylic acids is 5. The molecule has 0 radical (unpaired) electrons. The van der Waals surface area contributed by atoms with Crippen LogP contribution < -0.4 is 26.6 Å². The van der Waals surface area contributed by atoms with Crippen molar-refractivity contribution in [1.82, 2.24) is 26.6 Å². The summed E-state index contributed by atoms with van der Waals surface area (Å²) >= 11 is 3.72. The van der Waals surface area contributed by atoms with E-state index in [2.05, 4.69) is 12.6 Å². The molecule has 0 heterocycles. The van der Waals surface area contributed by atoms with E-state index in [1.807, 2.05) is 10.6 Å². The molecular weight excluding hydrogens is 830 g/mol. The number of carboxylic acids is 3. The summed E-state index contributed by atoms with van der Waals surface area (Å²) in [6, 6.07) is -11.4. The molecule has 28 nitrogen and oxygen atoms in total. The van der Waals surface area contributed by atoms with Crippen LogP contribution in [0.25, 0.3) is 0 Å². The number of hydrogen-bond acceptors (Lipinski definition) is 21. The van der Waals surface area contributed by atoms with Gasteiger partial charge in [0.2, 0.25) is 29.5 Å². The van der Waals surface area contributed by atoms with Crippen LogP contribution in [0.2, 0.25) is 0 Å². The minimum Gasteiger partial charge on any atom is -0.480 e. The lowest BCUT2D eigenvalue weighted by molar-refractivity contribution is -0.148. The first kappa shape index (κ1) is 54.6. The summed E-state index contributed by atoms with van der Waals surface area (Å²) in [6.45, 7) is -2.56. The Morgan fingerprint density at radius 2 is 0.729 bits per heavy atom. The quantitative estimate of drug-likeness (QED) is 0.0324. The lowest BCUT2D eigenvalue weighted by Crippen LogP contribution is -2.62. The van der Waals surface area contributed by atoms with Crippen LogP contribution in [0, 0.1) is 5.92 Å². The molecule has 340 valence electrons. The number of hydrogen-bond donors (Lipinski definition) is 21. The molecule has 0 aliphatic rings.